The van der Waals surface area contributed by atoms with Gasteiger partial charge in [-0.15, -0.1) is 0 Å². The Kier molecular flexibility index (Phi) is 5.83. The second-order valence-corrected chi connectivity index (χ2v) is 5.68. The summed E-state index contributed by atoms with van der Waals surface area (Å²) >= 11 is 9.36. The van der Waals surface area contributed by atoms with Crippen LogP contribution in [0.4, 0.5) is 5.69 Å². The molecule has 0 spiro atoms. The van der Waals surface area contributed by atoms with E-state index in [4.69, 9.17) is 22.5 Å². The minimum absolute atomic E-state index is 0.103. The lowest BCUT2D eigenvalue weighted by molar-refractivity contribution is -0.122. The number of carbonyl (C=O) groups is 1. The van der Waals surface area contributed by atoms with E-state index in [1.165, 1.54) is 0 Å². The molecule has 0 saturated carbocycles. The molecule has 1 aromatic carbocycles. The summed E-state index contributed by atoms with van der Waals surface area (Å²) in [6, 6.07) is 5.14. The van der Waals surface area contributed by atoms with Crippen molar-refractivity contribution in [1.82, 2.24) is 0 Å². The fourth-order valence-corrected chi connectivity index (χ4v) is 2.70. The number of oxime groups is 1. The lowest BCUT2D eigenvalue weighted by atomic mass is 9.80. The number of anilines is 1. The first-order valence-electron chi connectivity index (χ1n) is 6.15. The molecule has 0 heterocycles. The number of hydrogen-bond donors (Lipinski definition) is 3. The van der Waals surface area contributed by atoms with Gasteiger partial charge in [-0.3, -0.25) is 4.79 Å². The highest BCUT2D eigenvalue weighted by atomic mass is 79.9. The van der Waals surface area contributed by atoms with Gasteiger partial charge in [0.05, 0.1) is 10.7 Å². The number of rotatable bonds is 5. The van der Waals surface area contributed by atoms with E-state index in [0.717, 1.165) is 4.47 Å². The van der Waals surface area contributed by atoms with Crippen molar-refractivity contribution < 1.29 is 10.0 Å². The molecule has 0 fully saturated rings. The first-order chi connectivity index (χ1) is 9.41. The molecule has 0 aliphatic carbocycles. The lowest BCUT2D eigenvalue weighted by Gasteiger charge is -2.28. The van der Waals surface area contributed by atoms with Gasteiger partial charge in [0, 0.05) is 4.47 Å². The standard InChI is InChI=1S/C13H17BrClN3O2/c1-3-13(4-2,11(16)18-20)12(19)17-10-6-5-8(14)7-9(10)15/h5-7,20H,3-4H2,1-2H3,(H2,16,18)(H,17,19). The van der Waals surface area contributed by atoms with Gasteiger partial charge in [0.25, 0.3) is 0 Å². The maximum Gasteiger partial charge on any atom is 0.238 e. The molecule has 0 aliphatic rings. The molecule has 0 saturated heterocycles. The van der Waals surface area contributed by atoms with Gasteiger partial charge in [0.2, 0.25) is 5.91 Å². The van der Waals surface area contributed by atoms with E-state index >= 15 is 0 Å². The summed E-state index contributed by atoms with van der Waals surface area (Å²) in [7, 11) is 0. The Morgan fingerprint density at radius 1 is 1.50 bits per heavy atom. The molecule has 0 radical (unpaired) electrons. The Hall–Kier alpha value is -1.27. The summed E-state index contributed by atoms with van der Waals surface area (Å²) in [5.74, 6) is -0.449. The van der Waals surface area contributed by atoms with Crippen LogP contribution in [0.15, 0.2) is 27.8 Å². The molecule has 0 aromatic heterocycles. The number of halogens is 2. The van der Waals surface area contributed by atoms with Gasteiger partial charge in [-0.2, -0.15) is 0 Å². The Labute approximate surface area is 131 Å². The molecule has 0 aliphatic heterocycles. The van der Waals surface area contributed by atoms with Crippen LogP contribution in [0.3, 0.4) is 0 Å². The van der Waals surface area contributed by atoms with E-state index in [0.29, 0.717) is 23.6 Å². The average molecular weight is 363 g/mol. The van der Waals surface area contributed by atoms with E-state index in [9.17, 15) is 4.79 Å². The molecule has 5 nitrogen and oxygen atoms in total. The van der Waals surface area contributed by atoms with Crippen LogP contribution in [0, 0.1) is 5.41 Å². The van der Waals surface area contributed by atoms with E-state index in [-0.39, 0.29) is 11.7 Å². The molecule has 4 N–H and O–H groups in total. The van der Waals surface area contributed by atoms with Crippen LogP contribution in [0.1, 0.15) is 26.7 Å². The minimum atomic E-state index is -1.05. The number of amides is 1. The predicted octanol–water partition coefficient (Wildman–Crippen LogP) is 3.59. The highest BCUT2D eigenvalue weighted by Crippen LogP contribution is 2.31. The predicted molar refractivity (Wildman–Crippen MR) is 84.2 cm³/mol. The van der Waals surface area contributed by atoms with Gasteiger partial charge in [-0.25, -0.2) is 0 Å². The Morgan fingerprint density at radius 3 is 2.55 bits per heavy atom. The molecule has 7 heteroatoms. The van der Waals surface area contributed by atoms with Crippen LogP contribution >= 0.6 is 27.5 Å². The molecule has 1 rings (SSSR count). The molecule has 0 bridgehead atoms. The van der Waals surface area contributed by atoms with Gasteiger partial charge in [-0.1, -0.05) is 46.5 Å². The van der Waals surface area contributed by atoms with E-state index < -0.39 is 5.41 Å². The summed E-state index contributed by atoms with van der Waals surface area (Å²) in [5, 5.41) is 15.0. The van der Waals surface area contributed by atoms with Gasteiger partial charge < -0.3 is 16.3 Å². The Morgan fingerprint density at radius 2 is 2.10 bits per heavy atom. The minimum Gasteiger partial charge on any atom is -0.409 e. The molecule has 0 unspecified atom stereocenters. The van der Waals surface area contributed by atoms with E-state index in [1.807, 2.05) is 13.8 Å². The van der Waals surface area contributed by atoms with Crippen molar-refractivity contribution >= 4 is 45.0 Å². The number of nitrogens with two attached hydrogens (primary N) is 1. The smallest absolute Gasteiger partial charge is 0.238 e. The normalized spacial score (nSPS) is 12.3. The van der Waals surface area contributed by atoms with Crippen molar-refractivity contribution in [3.8, 4) is 0 Å². The highest BCUT2D eigenvalue weighted by molar-refractivity contribution is 9.10. The zero-order chi connectivity index (χ0) is 15.3. The topological polar surface area (TPSA) is 87.7 Å². The second kappa shape index (κ2) is 6.95. The first kappa shape index (κ1) is 16.8. The van der Waals surface area contributed by atoms with Crippen LogP contribution in [0.2, 0.25) is 5.02 Å². The second-order valence-electron chi connectivity index (χ2n) is 4.35. The summed E-state index contributed by atoms with van der Waals surface area (Å²) in [6.45, 7) is 3.62. The monoisotopic (exact) mass is 361 g/mol. The van der Waals surface area contributed by atoms with Crippen molar-refractivity contribution in [2.75, 3.05) is 5.32 Å². The molecule has 110 valence electrons. The number of hydrogen-bond acceptors (Lipinski definition) is 3. The Bertz CT molecular complexity index is 530. The molecule has 20 heavy (non-hydrogen) atoms. The summed E-state index contributed by atoms with van der Waals surface area (Å²) in [5.41, 5.74) is 5.12. The summed E-state index contributed by atoms with van der Waals surface area (Å²) in [6.07, 6.45) is 0.832. The van der Waals surface area contributed by atoms with E-state index in [2.05, 4.69) is 26.4 Å². The van der Waals surface area contributed by atoms with Crippen LogP contribution in [0.25, 0.3) is 0 Å². The maximum absolute atomic E-state index is 12.5. The van der Waals surface area contributed by atoms with Gasteiger partial charge in [-0.05, 0) is 31.0 Å². The fourth-order valence-electron chi connectivity index (χ4n) is 1.98. The van der Waals surface area contributed by atoms with Gasteiger partial charge in [0.1, 0.15) is 5.41 Å². The number of benzene rings is 1. The lowest BCUT2D eigenvalue weighted by Crippen LogP contribution is -2.46. The van der Waals surface area contributed by atoms with Crippen molar-refractivity contribution in [3.05, 3.63) is 27.7 Å². The molecular weight excluding hydrogens is 346 g/mol. The maximum atomic E-state index is 12.5. The van der Waals surface area contributed by atoms with Crippen LogP contribution in [-0.2, 0) is 4.79 Å². The van der Waals surface area contributed by atoms with Gasteiger partial charge in [0.15, 0.2) is 5.84 Å². The Balaban J connectivity index is 3.09. The highest BCUT2D eigenvalue weighted by Gasteiger charge is 2.40. The fraction of sp³-hybridized carbons (Fsp3) is 0.385. The number of nitrogens with one attached hydrogen (secondary N) is 1. The molecular formula is C13H17BrClN3O2. The quantitative estimate of drug-likeness (QED) is 0.324. The van der Waals surface area contributed by atoms with E-state index in [1.54, 1.807) is 18.2 Å². The van der Waals surface area contributed by atoms with Crippen LogP contribution in [0.5, 0.6) is 0 Å². The number of amidine groups is 1. The van der Waals surface area contributed by atoms with Crippen molar-refractivity contribution in [2.45, 2.75) is 26.7 Å². The SMILES string of the molecule is CCC(CC)(C(=O)Nc1ccc(Br)cc1Cl)C(N)=NO. The third kappa shape index (κ3) is 3.24. The zero-order valence-electron chi connectivity index (χ0n) is 11.3. The zero-order valence-corrected chi connectivity index (χ0v) is 13.6. The largest absolute Gasteiger partial charge is 0.409 e. The number of nitrogens with zero attached hydrogens (tertiary/aromatic N) is 1. The van der Waals surface area contributed by atoms with Crippen molar-refractivity contribution in [2.24, 2.45) is 16.3 Å². The molecule has 0 atom stereocenters. The third-order valence-electron chi connectivity index (χ3n) is 3.42. The molecule has 1 amide bonds. The summed E-state index contributed by atoms with van der Waals surface area (Å²) in [4.78, 5) is 12.5. The van der Waals surface area contributed by atoms with Gasteiger partial charge >= 0.3 is 0 Å². The first-order valence-corrected chi connectivity index (χ1v) is 7.32. The number of carbonyl (C=O) groups excluding carboxylic acids is 1. The molecule has 1 aromatic rings. The van der Waals surface area contributed by atoms with Crippen LogP contribution in [-0.4, -0.2) is 17.0 Å². The van der Waals surface area contributed by atoms with Crippen molar-refractivity contribution in [3.63, 3.8) is 0 Å². The van der Waals surface area contributed by atoms with Crippen molar-refractivity contribution in [1.29, 1.82) is 0 Å². The third-order valence-corrected chi connectivity index (χ3v) is 4.23. The average Bonchev–Trinajstić information content (AvgIpc) is 2.43. The summed E-state index contributed by atoms with van der Waals surface area (Å²) < 4.78 is 0.814. The van der Waals surface area contributed by atoms with Crippen LogP contribution < -0.4 is 11.1 Å².